The molecule has 0 saturated carbocycles. The number of carbonyl (C=O) groups excluding carboxylic acids is 2. The number of amides is 2. The Hall–Kier alpha value is -3.41. The summed E-state index contributed by atoms with van der Waals surface area (Å²) < 4.78 is 32.6. The van der Waals surface area contributed by atoms with Crippen molar-refractivity contribution in [1.29, 1.82) is 0 Å². The predicted octanol–water partition coefficient (Wildman–Crippen LogP) is 4.64. The first kappa shape index (κ1) is 30.5. The van der Waals surface area contributed by atoms with Gasteiger partial charge in [0.1, 0.15) is 5.75 Å². The van der Waals surface area contributed by atoms with E-state index in [1.807, 2.05) is 43.3 Å². The number of hydrogen-bond acceptors (Lipinski definition) is 7. The summed E-state index contributed by atoms with van der Waals surface area (Å²) in [7, 11) is -2.35. The normalized spacial score (nSPS) is 14.0. The van der Waals surface area contributed by atoms with Crippen LogP contribution in [0.4, 0.5) is 5.69 Å². The number of methoxy groups -OCH3 is 1. The van der Waals surface area contributed by atoms with Crippen LogP contribution in [-0.4, -0.2) is 62.1 Å². The Balaban J connectivity index is 0.00000387. The van der Waals surface area contributed by atoms with Gasteiger partial charge in [0.05, 0.1) is 23.3 Å². The van der Waals surface area contributed by atoms with Gasteiger partial charge in [-0.05, 0) is 77.5 Å². The van der Waals surface area contributed by atoms with Crippen molar-refractivity contribution in [2.45, 2.75) is 18.2 Å². The molecule has 0 atom stereocenters. The quantitative estimate of drug-likeness (QED) is 0.236. The zero-order chi connectivity index (χ0) is 28.3. The van der Waals surface area contributed by atoms with Crippen molar-refractivity contribution < 1.29 is 22.7 Å². The summed E-state index contributed by atoms with van der Waals surface area (Å²) in [5.41, 5.74) is 2.99. The number of aryl methyl sites for hydroxylation is 1. The van der Waals surface area contributed by atoms with Crippen molar-refractivity contribution in [3.8, 4) is 5.75 Å². The van der Waals surface area contributed by atoms with Crippen LogP contribution in [-0.2, 0) is 26.0 Å². The van der Waals surface area contributed by atoms with Crippen molar-refractivity contribution >= 4 is 90.9 Å². The molecule has 2 N–H and O–H groups in total. The molecule has 1 aliphatic rings. The first-order valence-electron chi connectivity index (χ1n) is 12.3. The topological polar surface area (TPSA) is 114 Å². The van der Waals surface area contributed by atoms with Gasteiger partial charge in [-0.2, -0.15) is 4.99 Å². The van der Waals surface area contributed by atoms with Gasteiger partial charge in [0.25, 0.3) is 15.9 Å². The van der Waals surface area contributed by atoms with E-state index in [0.717, 1.165) is 21.9 Å². The summed E-state index contributed by atoms with van der Waals surface area (Å²) in [5, 5.41) is 5.61. The van der Waals surface area contributed by atoms with Crippen molar-refractivity contribution in [3.63, 3.8) is 0 Å². The molecule has 0 aliphatic carbocycles. The molecule has 0 aromatic heterocycles. The third-order valence-electron chi connectivity index (χ3n) is 6.15. The van der Waals surface area contributed by atoms with Crippen molar-refractivity contribution in [3.05, 3.63) is 107 Å². The molecule has 5 rings (SSSR count). The summed E-state index contributed by atoms with van der Waals surface area (Å²) in [4.78, 5) is 29.6. The van der Waals surface area contributed by atoms with Crippen LogP contribution in [0.2, 0.25) is 0 Å². The molecule has 41 heavy (non-hydrogen) atoms. The number of hydrogen-bond donors (Lipinski definition) is 2. The van der Waals surface area contributed by atoms with Crippen LogP contribution in [0.1, 0.15) is 16.7 Å². The molecule has 8 nitrogen and oxygen atoms in total. The number of ether oxygens (including phenoxy) is 1. The zero-order valence-electron chi connectivity index (χ0n) is 21.7. The zero-order valence-corrected chi connectivity index (χ0v) is 23.3. The minimum atomic E-state index is -3.94. The number of nitrogens with zero attached hydrogens (tertiary/aromatic N) is 1. The summed E-state index contributed by atoms with van der Waals surface area (Å²) >= 11 is 1.22. The van der Waals surface area contributed by atoms with E-state index in [4.69, 9.17) is 4.74 Å². The van der Waals surface area contributed by atoms with Gasteiger partial charge in [0.2, 0.25) is 5.91 Å². The number of amidine groups is 1. The molecule has 204 valence electrons. The second-order valence-corrected chi connectivity index (χ2v) is 11.8. The Morgan fingerprint density at radius 1 is 0.976 bits per heavy atom. The number of thioether (sulfide) groups is 1. The van der Waals surface area contributed by atoms with E-state index in [1.54, 1.807) is 49.6 Å². The predicted molar refractivity (Wildman–Crippen MR) is 166 cm³/mol. The number of nitrogens with one attached hydrogen (secondary N) is 2. The molecule has 0 saturated heterocycles. The van der Waals surface area contributed by atoms with Crippen LogP contribution in [0.3, 0.4) is 0 Å². The van der Waals surface area contributed by atoms with E-state index < -0.39 is 15.9 Å². The molecule has 0 fully saturated rings. The summed E-state index contributed by atoms with van der Waals surface area (Å²) in [6, 6.07) is 25.0. The molecule has 0 radical (unpaired) electrons. The van der Waals surface area contributed by atoms with E-state index in [9.17, 15) is 18.0 Å². The first-order chi connectivity index (χ1) is 19.2. The fourth-order valence-electron chi connectivity index (χ4n) is 4.11. The maximum absolute atomic E-state index is 12.6. The number of anilines is 1. The van der Waals surface area contributed by atoms with Gasteiger partial charge in [0, 0.05) is 11.3 Å². The molecule has 0 spiro atoms. The Morgan fingerprint density at radius 2 is 1.63 bits per heavy atom. The molecule has 0 unspecified atom stereocenters. The van der Waals surface area contributed by atoms with Gasteiger partial charge in [0.15, 0.2) is 5.17 Å². The molecule has 1 aliphatic heterocycles. The Bertz CT molecular complexity index is 1790. The molecule has 0 bridgehead atoms. The van der Waals surface area contributed by atoms with Crippen LogP contribution in [0.25, 0.3) is 16.8 Å². The number of aliphatic imine (C=N–C) groups is 1. The van der Waals surface area contributed by atoms with E-state index in [1.165, 1.54) is 23.9 Å². The molecule has 1 heterocycles. The SMILES string of the molecule is COc1cc2ccccc2cc1/C=C1\SC(Nc2ccc(CC(=O)NS(=O)(=O)c3ccc(C)cc3)cc2)=NC1=O.[NaH]. The average Bonchev–Trinajstić information content (AvgIpc) is 3.27. The van der Waals surface area contributed by atoms with E-state index in [-0.39, 0.29) is 46.8 Å². The Morgan fingerprint density at radius 3 is 2.29 bits per heavy atom. The first-order valence-corrected chi connectivity index (χ1v) is 14.6. The molecule has 4 aromatic carbocycles. The van der Waals surface area contributed by atoms with Gasteiger partial charge in [-0.1, -0.05) is 54.1 Å². The van der Waals surface area contributed by atoms with Gasteiger partial charge in [-0.25, -0.2) is 13.1 Å². The van der Waals surface area contributed by atoms with Crippen LogP contribution in [0, 0.1) is 6.92 Å². The summed E-state index contributed by atoms with van der Waals surface area (Å²) in [5.74, 6) is -0.334. The van der Waals surface area contributed by atoms with Gasteiger partial charge >= 0.3 is 29.6 Å². The van der Waals surface area contributed by atoms with E-state index in [0.29, 0.717) is 27.1 Å². The number of rotatable bonds is 7. The minimum absolute atomic E-state index is 0. The maximum atomic E-state index is 12.6. The fourth-order valence-corrected chi connectivity index (χ4v) is 5.92. The van der Waals surface area contributed by atoms with Gasteiger partial charge < -0.3 is 10.1 Å². The molecule has 2 amide bonds. The average molecular weight is 596 g/mol. The second-order valence-electron chi connectivity index (χ2n) is 9.11. The summed E-state index contributed by atoms with van der Waals surface area (Å²) in [6.45, 7) is 1.85. The third kappa shape index (κ3) is 7.46. The van der Waals surface area contributed by atoms with Crippen LogP contribution in [0.15, 0.2) is 99.7 Å². The second kappa shape index (κ2) is 13.1. The molecule has 11 heteroatoms. The Labute approximate surface area is 264 Å². The van der Waals surface area contributed by atoms with Gasteiger partial charge in [-0.15, -0.1) is 0 Å². The van der Waals surface area contributed by atoms with Gasteiger partial charge in [-0.3, -0.25) is 9.59 Å². The van der Waals surface area contributed by atoms with Crippen LogP contribution in [0.5, 0.6) is 5.75 Å². The third-order valence-corrected chi connectivity index (χ3v) is 8.44. The van der Waals surface area contributed by atoms with E-state index >= 15 is 0 Å². The van der Waals surface area contributed by atoms with Crippen molar-refractivity contribution in [1.82, 2.24) is 4.72 Å². The number of benzene rings is 4. The van der Waals surface area contributed by atoms with Crippen molar-refractivity contribution in [2.24, 2.45) is 4.99 Å². The van der Waals surface area contributed by atoms with Crippen LogP contribution >= 0.6 is 11.8 Å². The summed E-state index contributed by atoms with van der Waals surface area (Å²) in [6.07, 6.45) is 1.66. The van der Waals surface area contributed by atoms with Crippen LogP contribution < -0.4 is 14.8 Å². The van der Waals surface area contributed by atoms with E-state index in [2.05, 4.69) is 15.0 Å². The monoisotopic (exact) mass is 595 g/mol. The fraction of sp³-hybridized carbons (Fsp3) is 0.100. The molecular formula is C30H26N3NaO5S2. The number of carbonyl (C=O) groups is 2. The molecular weight excluding hydrogens is 569 g/mol. The molecule has 4 aromatic rings. The number of fused-ring (bicyclic) bond motifs is 1. The van der Waals surface area contributed by atoms with Crippen molar-refractivity contribution in [2.75, 3.05) is 12.4 Å². The Kier molecular flexibility index (Phi) is 9.72. The number of sulfonamides is 1. The standard InChI is InChI=1S/C30H25N3O5S2.Na.H/c1-19-7-13-25(14-8-19)40(36,37)33-28(34)15-20-9-11-24(12-10-20)31-30-32-29(35)27(39-30)18-23-16-21-5-3-4-6-22(21)17-26(23)38-2;;/h3-14,16-18H,15H2,1-2H3,(H,33,34)(H,31,32,35);;/b27-18-;;.